The Hall–Kier alpha value is -1.62. The predicted octanol–water partition coefficient (Wildman–Crippen LogP) is 4.19. The normalized spacial score (nSPS) is 10.3. The first-order valence-electron chi connectivity index (χ1n) is 5.43. The van der Waals surface area contributed by atoms with Crippen molar-refractivity contribution in [2.75, 3.05) is 11.1 Å². The highest BCUT2D eigenvalue weighted by Crippen LogP contribution is 2.34. The van der Waals surface area contributed by atoms with Crippen LogP contribution >= 0.6 is 34.8 Å². The van der Waals surface area contributed by atoms with Crippen LogP contribution in [-0.2, 0) is 0 Å². The maximum Gasteiger partial charge on any atom is 0.255 e. The lowest BCUT2D eigenvalue weighted by Gasteiger charge is -2.08. The zero-order valence-corrected chi connectivity index (χ0v) is 12.2. The molecule has 2 aromatic carbocycles. The molecule has 0 aromatic heterocycles. The van der Waals surface area contributed by atoms with Crippen molar-refractivity contribution >= 4 is 52.1 Å². The summed E-state index contributed by atoms with van der Waals surface area (Å²) in [4.78, 5) is 12.0. The summed E-state index contributed by atoms with van der Waals surface area (Å²) in [6.07, 6.45) is 0. The number of rotatable bonds is 2. The number of benzene rings is 2. The van der Waals surface area contributed by atoms with Crippen LogP contribution in [-0.4, -0.2) is 11.0 Å². The number of hydrogen-bond donors (Lipinski definition) is 3. The number of nitrogens with two attached hydrogens (primary N) is 1. The Kier molecular flexibility index (Phi) is 4.28. The second-order valence-electron chi connectivity index (χ2n) is 3.98. The maximum absolute atomic E-state index is 12.0. The molecule has 2 rings (SSSR count). The number of phenolic OH excluding ortho intramolecular Hbond substituents is 1. The Labute approximate surface area is 130 Å². The molecule has 0 fully saturated rings. The van der Waals surface area contributed by atoms with Crippen molar-refractivity contribution < 1.29 is 9.90 Å². The van der Waals surface area contributed by atoms with E-state index in [2.05, 4.69) is 5.32 Å². The highest BCUT2D eigenvalue weighted by Gasteiger charge is 2.11. The third-order valence-corrected chi connectivity index (χ3v) is 3.44. The highest BCUT2D eigenvalue weighted by atomic mass is 35.5. The molecule has 0 unspecified atom stereocenters. The van der Waals surface area contributed by atoms with Crippen molar-refractivity contribution in [2.24, 2.45) is 0 Å². The summed E-state index contributed by atoms with van der Waals surface area (Å²) in [5, 5.41) is 12.4. The molecule has 0 aliphatic carbocycles. The van der Waals surface area contributed by atoms with Crippen molar-refractivity contribution in [1.82, 2.24) is 0 Å². The van der Waals surface area contributed by atoms with Crippen LogP contribution in [0.2, 0.25) is 15.1 Å². The molecule has 20 heavy (non-hydrogen) atoms. The summed E-state index contributed by atoms with van der Waals surface area (Å²) in [7, 11) is 0. The van der Waals surface area contributed by atoms with E-state index in [-0.39, 0.29) is 15.8 Å². The lowest BCUT2D eigenvalue weighted by molar-refractivity contribution is 0.102. The van der Waals surface area contributed by atoms with E-state index in [9.17, 15) is 9.90 Å². The minimum atomic E-state index is -0.398. The monoisotopic (exact) mass is 330 g/mol. The van der Waals surface area contributed by atoms with Crippen LogP contribution in [0.15, 0.2) is 30.3 Å². The molecule has 0 aliphatic heterocycles. The van der Waals surface area contributed by atoms with E-state index in [4.69, 9.17) is 40.5 Å². The molecule has 0 saturated carbocycles. The smallest absolute Gasteiger partial charge is 0.255 e. The summed E-state index contributed by atoms with van der Waals surface area (Å²) in [6, 6.07) is 7.31. The van der Waals surface area contributed by atoms with Crippen molar-refractivity contribution in [2.45, 2.75) is 0 Å². The molecular weight excluding hydrogens is 323 g/mol. The molecule has 4 N–H and O–H groups in total. The number of carbonyl (C=O) groups is 1. The van der Waals surface area contributed by atoms with Gasteiger partial charge in [0.25, 0.3) is 5.91 Å². The number of aromatic hydroxyl groups is 1. The van der Waals surface area contributed by atoms with E-state index in [1.165, 1.54) is 24.3 Å². The molecule has 0 heterocycles. The second-order valence-corrected chi connectivity index (χ2v) is 5.20. The third kappa shape index (κ3) is 3.10. The lowest BCUT2D eigenvalue weighted by atomic mass is 10.2. The SMILES string of the molecule is Nc1ccc(C(=O)Nc2cc(Cl)c(O)c(Cl)c2)cc1Cl. The van der Waals surface area contributed by atoms with Crippen LogP contribution in [0.4, 0.5) is 11.4 Å². The van der Waals surface area contributed by atoms with Crippen LogP contribution in [0, 0.1) is 0 Å². The molecular formula is C13H9Cl3N2O2. The molecule has 2 aromatic rings. The second kappa shape index (κ2) is 5.79. The number of carbonyl (C=O) groups excluding carboxylic acids is 1. The lowest BCUT2D eigenvalue weighted by Crippen LogP contribution is -2.12. The van der Waals surface area contributed by atoms with E-state index in [0.717, 1.165) is 0 Å². The number of nitrogens with one attached hydrogen (secondary N) is 1. The number of nitrogen functional groups attached to an aromatic ring is 1. The largest absolute Gasteiger partial charge is 0.505 e. The Morgan fingerprint density at radius 1 is 1.05 bits per heavy atom. The molecule has 7 heteroatoms. The number of amides is 1. The van der Waals surface area contributed by atoms with Gasteiger partial charge in [-0.2, -0.15) is 0 Å². The summed E-state index contributed by atoms with van der Waals surface area (Å²) >= 11 is 17.4. The molecule has 0 bridgehead atoms. The molecule has 4 nitrogen and oxygen atoms in total. The van der Waals surface area contributed by atoms with Crippen molar-refractivity contribution in [3.63, 3.8) is 0 Å². The highest BCUT2D eigenvalue weighted by molar-refractivity contribution is 6.37. The zero-order valence-electron chi connectivity index (χ0n) is 9.95. The van der Waals surface area contributed by atoms with Crippen LogP contribution in [0.5, 0.6) is 5.75 Å². The van der Waals surface area contributed by atoms with Gasteiger partial charge in [0, 0.05) is 11.3 Å². The van der Waals surface area contributed by atoms with Crippen LogP contribution in [0.3, 0.4) is 0 Å². The maximum atomic E-state index is 12.0. The average molecular weight is 332 g/mol. The van der Waals surface area contributed by atoms with E-state index in [0.29, 0.717) is 22.0 Å². The number of hydrogen-bond acceptors (Lipinski definition) is 3. The van der Waals surface area contributed by atoms with Crippen molar-refractivity contribution in [3.05, 3.63) is 51.0 Å². The van der Waals surface area contributed by atoms with Gasteiger partial charge in [0.1, 0.15) is 0 Å². The first kappa shape index (κ1) is 14.8. The Morgan fingerprint density at radius 2 is 1.65 bits per heavy atom. The predicted molar refractivity (Wildman–Crippen MR) is 81.9 cm³/mol. The molecule has 0 radical (unpaired) electrons. The van der Waals surface area contributed by atoms with Gasteiger partial charge in [0.15, 0.2) is 5.75 Å². The van der Waals surface area contributed by atoms with Gasteiger partial charge >= 0.3 is 0 Å². The van der Waals surface area contributed by atoms with Crippen LogP contribution < -0.4 is 11.1 Å². The topological polar surface area (TPSA) is 75.4 Å². The zero-order chi connectivity index (χ0) is 14.9. The minimum absolute atomic E-state index is 0.0446. The van der Waals surface area contributed by atoms with Gasteiger partial charge in [-0.05, 0) is 30.3 Å². The van der Waals surface area contributed by atoms with Gasteiger partial charge in [-0.1, -0.05) is 34.8 Å². The Morgan fingerprint density at radius 3 is 2.20 bits per heavy atom. The van der Waals surface area contributed by atoms with Gasteiger partial charge in [-0.15, -0.1) is 0 Å². The summed E-state index contributed by atoms with van der Waals surface area (Å²) in [5.41, 5.74) is 6.65. The summed E-state index contributed by atoms with van der Waals surface area (Å²) in [5.74, 6) is -0.633. The fraction of sp³-hybridized carbons (Fsp3) is 0. The quantitative estimate of drug-likeness (QED) is 0.570. The summed E-state index contributed by atoms with van der Waals surface area (Å²) in [6.45, 7) is 0. The van der Waals surface area contributed by atoms with Gasteiger partial charge < -0.3 is 16.2 Å². The molecule has 0 aliphatic rings. The minimum Gasteiger partial charge on any atom is -0.505 e. The number of halogens is 3. The van der Waals surface area contributed by atoms with E-state index < -0.39 is 5.91 Å². The fourth-order valence-corrected chi connectivity index (χ4v) is 2.18. The summed E-state index contributed by atoms with van der Waals surface area (Å²) < 4.78 is 0. The van der Waals surface area contributed by atoms with E-state index in [1.54, 1.807) is 6.07 Å². The third-order valence-electron chi connectivity index (χ3n) is 2.54. The number of anilines is 2. The molecule has 1 amide bonds. The van der Waals surface area contributed by atoms with Crippen molar-refractivity contribution in [3.8, 4) is 5.75 Å². The first-order valence-corrected chi connectivity index (χ1v) is 6.56. The first-order chi connectivity index (χ1) is 9.38. The molecule has 0 spiro atoms. The number of phenols is 1. The van der Waals surface area contributed by atoms with E-state index >= 15 is 0 Å². The average Bonchev–Trinajstić information content (AvgIpc) is 2.39. The van der Waals surface area contributed by atoms with Gasteiger partial charge in [-0.3, -0.25) is 4.79 Å². The van der Waals surface area contributed by atoms with Crippen LogP contribution in [0.1, 0.15) is 10.4 Å². The van der Waals surface area contributed by atoms with Gasteiger partial charge in [0.05, 0.1) is 20.8 Å². The fourth-order valence-electron chi connectivity index (χ4n) is 1.51. The Bertz CT molecular complexity index is 666. The van der Waals surface area contributed by atoms with Gasteiger partial charge in [-0.25, -0.2) is 0 Å². The standard InChI is InChI=1S/C13H9Cl3N2O2/c14-8-3-6(1-2-11(8)17)13(20)18-7-4-9(15)12(19)10(16)5-7/h1-5,19H,17H2,(H,18,20). The molecule has 0 saturated heterocycles. The Balaban J connectivity index is 2.25. The molecule has 0 atom stereocenters. The van der Waals surface area contributed by atoms with Crippen LogP contribution in [0.25, 0.3) is 0 Å². The van der Waals surface area contributed by atoms with Gasteiger partial charge in [0.2, 0.25) is 0 Å². The molecule has 104 valence electrons. The van der Waals surface area contributed by atoms with E-state index in [1.807, 2.05) is 0 Å². The van der Waals surface area contributed by atoms with Crippen molar-refractivity contribution in [1.29, 1.82) is 0 Å².